The van der Waals surface area contributed by atoms with Crippen LogP contribution in [0.2, 0.25) is 5.02 Å². The van der Waals surface area contributed by atoms with Gasteiger partial charge in [0.05, 0.1) is 5.69 Å². The summed E-state index contributed by atoms with van der Waals surface area (Å²) >= 11 is 9.70. The zero-order valence-electron chi connectivity index (χ0n) is 17.3. The van der Waals surface area contributed by atoms with Crippen LogP contribution in [-0.2, 0) is 6.42 Å². The Kier molecular flexibility index (Phi) is 5.99. The SMILES string of the molecule is O=C1c2cc(Cl)ccc2CCN1CCN1CCN(c2cc(Br)cc3c2OCCO3)CC1. The average molecular weight is 507 g/mol. The topological polar surface area (TPSA) is 45.3 Å². The summed E-state index contributed by atoms with van der Waals surface area (Å²) < 4.78 is 12.7. The van der Waals surface area contributed by atoms with Crippen molar-refractivity contribution in [1.82, 2.24) is 9.80 Å². The minimum absolute atomic E-state index is 0.0975. The van der Waals surface area contributed by atoms with Gasteiger partial charge in [-0.3, -0.25) is 9.69 Å². The minimum Gasteiger partial charge on any atom is -0.486 e. The molecule has 8 heteroatoms. The molecule has 3 aliphatic rings. The van der Waals surface area contributed by atoms with E-state index in [1.807, 2.05) is 23.1 Å². The van der Waals surface area contributed by atoms with Gasteiger partial charge < -0.3 is 19.3 Å². The maximum atomic E-state index is 12.9. The van der Waals surface area contributed by atoms with Crippen LogP contribution in [0.15, 0.2) is 34.8 Å². The lowest BCUT2D eigenvalue weighted by atomic mass is 9.99. The Hall–Kier alpha value is -1.96. The molecule has 1 saturated heterocycles. The van der Waals surface area contributed by atoms with Crippen molar-refractivity contribution in [2.45, 2.75) is 6.42 Å². The van der Waals surface area contributed by atoms with Crippen LogP contribution in [0.5, 0.6) is 11.5 Å². The maximum Gasteiger partial charge on any atom is 0.254 e. The molecular formula is C23H25BrClN3O3. The highest BCUT2D eigenvalue weighted by molar-refractivity contribution is 9.10. The molecule has 3 heterocycles. The summed E-state index contributed by atoms with van der Waals surface area (Å²) in [6.45, 7) is 7.30. The molecule has 31 heavy (non-hydrogen) atoms. The zero-order chi connectivity index (χ0) is 21.4. The number of halogens is 2. The Bertz CT molecular complexity index is 994. The Morgan fingerprint density at radius 2 is 1.77 bits per heavy atom. The summed E-state index contributed by atoms with van der Waals surface area (Å²) in [6, 6.07) is 9.71. The van der Waals surface area contributed by atoms with Gasteiger partial charge in [0.2, 0.25) is 0 Å². The van der Waals surface area contributed by atoms with Crippen molar-refractivity contribution < 1.29 is 14.3 Å². The number of carbonyl (C=O) groups is 1. The van der Waals surface area contributed by atoms with Crippen molar-refractivity contribution in [3.8, 4) is 11.5 Å². The van der Waals surface area contributed by atoms with Gasteiger partial charge in [0.15, 0.2) is 11.5 Å². The summed E-state index contributed by atoms with van der Waals surface area (Å²) in [5, 5.41) is 0.620. The van der Waals surface area contributed by atoms with Crippen LogP contribution >= 0.6 is 27.5 Å². The lowest BCUT2D eigenvalue weighted by Gasteiger charge is -2.38. The third-order valence-corrected chi connectivity index (χ3v) is 6.92. The van der Waals surface area contributed by atoms with Gasteiger partial charge in [-0.05, 0) is 36.2 Å². The molecule has 1 fully saturated rings. The second-order valence-corrected chi connectivity index (χ2v) is 9.47. The summed E-state index contributed by atoms with van der Waals surface area (Å²) in [5.74, 6) is 1.75. The molecular weight excluding hydrogens is 482 g/mol. The molecule has 0 saturated carbocycles. The van der Waals surface area contributed by atoms with Crippen molar-refractivity contribution in [3.05, 3.63) is 51.0 Å². The Balaban J connectivity index is 1.18. The van der Waals surface area contributed by atoms with Gasteiger partial charge in [-0.15, -0.1) is 0 Å². The van der Waals surface area contributed by atoms with Gasteiger partial charge in [0, 0.05) is 60.9 Å². The first-order valence-electron chi connectivity index (χ1n) is 10.7. The van der Waals surface area contributed by atoms with Gasteiger partial charge in [-0.2, -0.15) is 0 Å². The molecule has 0 atom stereocenters. The van der Waals surface area contributed by atoms with Crippen LogP contribution < -0.4 is 14.4 Å². The number of anilines is 1. The number of rotatable bonds is 4. The van der Waals surface area contributed by atoms with E-state index in [2.05, 4.69) is 31.8 Å². The number of nitrogens with zero attached hydrogens (tertiary/aromatic N) is 3. The lowest BCUT2D eigenvalue weighted by molar-refractivity contribution is 0.0717. The van der Waals surface area contributed by atoms with E-state index < -0.39 is 0 Å². The van der Waals surface area contributed by atoms with E-state index in [1.165, 1.54) is 0 Å². The summed E-state index contributed by atoms with van der Waals surface area (Å²) in [4.78, 5) is 19.6. The van der Waals surface area contributed by atoms with E-state index in [1.54, 1.807) is 6.07 Å². The highest BCUT2D eigenvalue weighted by atomic mass is 79.9. The highest BCUT2D eigenvalue weighted by Crippen LogP contribution is 2.42. The van der Waals surface area contributed by atoms with Crippen LogP contribution in [0.25, 0.3) is 0 Å². The molecule has 2 aromatic rings. The molecule has 1 amide bonds. The van der Waals surface area contributed by atoms with Crippen molar-refractivity contribution >= 4 is 39.1 Å². The highest BCUT2D eigenvalue weighted by Gasteiger charge is 2.27. The fraction of sp³-hybridized carbons (Fsp3) is 0.435. The van der Waals surface area contributed by atoms with E-state index in [9.17, 15) is 4.79 Å². The molecule has 3 aliphatic heterocycles. The minimum atomic E-state index is 0.0975. The molecule has 0 radical (unpaired) electrons. The number of hydrogen-bond donors (Lipinski definition) is 0. The average Bonchev–Trinajstić information content (AvgIpc) is 2.79. The number of piperazine rings is 1. The second-order valence-electron chi connectivity index (χ2n) is 8.12. The molecule has 164 valence electrons. The number of fused-ring (bicyclic) bond motifs is 2. The molecule has 5 rings (SSSR count). The van der Waals surface area contributed by atoms with Crippen LogP contribution in [0.3, 0.4) is 0 Å². The number of ether oxygens (including phenoxy) is 2. The number of amides is 1. The van der Waals surface area contributed by atoms with E-state index in [0.29, 0.717) is 18.2 Å². The first kappa shape index (κ1) is 20.9. The Morgan fingerprint density at radius 3 is 2.61 bits per heavy atom. The normalized spacial score (nSPS) is 18.8. The summed E-state index contributed by atoms with van der Waals surface area (Å²) in [5.41, 5.74) is 2.94. The molecule has 0 unspecified atom stereocenters. The monoisotopic (exact) mass is 505 g/mol. The molecule has 0 N–H and O–H groups in total. The van der Waals surface area contributed by atoms with E-state index in [4.69, 9.17) is 21.1 Å². The largest absolute Gasteiger partial charge is 0.486 e. The van der Waals surface area contributed by atoms with Gasteiger partial charge in [0.1, 0.15) is 13.2 Å². The predicted molar refractivity (Wildman–Crippen MR) is 125 cm³/mol. The predicted octanol–water partition coefficient (Wildman–Crippen LogP) is 3.69. The standard InChI is InChI=1S/C23H25BrClN3O3/c24-17-13-20(22-21(14-17)30-11-12-31-22)27-8-5-26(6-9-27)7-10-28-4-3-16-1-2-18(25)15-19(16)23(28)29/h1-2,13-15H,3-12H2. The lowest BCUT2D eigenvalue weighted by Crippen LogP contribution is -2.50. The van der Waals surface area contributed by atoms with Gasteiger partial charge in [-0.1, -0.05) is 33.6 Å². The second kappa shape index (κ2) is 8.88. The van der Waals surface area contributed by atoms with Crippen molar-refractivity contribution in [2.24, 2.45) is 0 Å². The number of carbonyl (C=O) groups excluding carboxylic acids is 1. The van der Waals surface area contributed by atoms with Crippen molar-refractivity contribution in [2.75, 3.05) is 63.9 Å². The van der Waals surface area contributed by atoms with Crippen LogP contribution in [0.1, 0.15) is 15.9 Å². The molecule has 2 aromatic carbocycles. The fourth-order valence-corrected chi connectivity index (χ4v) is 5.12. The molecule has 0 aromatic heterocycles. The van der Waals surface area contributed by atoms with Crippen molar-refractivity contribution in [1.29, 1.82) is 0 Å². The third kappa shape index (κ3) is 4.36. The Morgan fingerprint density at radius 1 is 0.968 bits per heavy atom. The molecule has 0 spiro atoms. The van der Waals surface area contributed by atoms with Crippen LogP contribution in [0.4, 0.5) is 5.69 Å². The maximum absolute atomic E-state index is 12.9. The van der Waals surface area contributed by atoms with E-state index in [0.717, 1.165) is 85.0 Å². The number of hydrogen-bond acceptors (Lipinski definition) is 5. The molecule has 0 aliphatic carbocycles. The van der Waals surface area contributed by atoms with Crippen LogP contribution in [0, 0.1) is 0 Å². The third-order valence-electron chi connectivity index (χ3n) is 6.23. The van der Waals surface area contributed by atoms with Crippen LogP contribution in [-0.4, -0.2) is 74.7 Å². The van der Waals surface area contributed by atoms with E-state index >= 15 is 0 Å². The smallest absolute Gasteiger partial charge is 0.254 e. The summed E-state index contributed by atoms with van der Waals surface area (Å²) in [6.07, 6.45) is 0.891. The van der Waals surface area contributed by atoms with Crippen molar-refractivity contribution in [3.63, 3.8) is 0 Å². The van der Waals surface area contributed by atoms with Gasteiger partial charge >= 0.3 is 0 Å². The fourth-order valence-electron chi connectivity index (χ4n) is 4.52. The first-order chi connectivity index (χ1) is 15.1. The summed E-state index contributed by atoms with van der Waals surface area (Å²) in [7, 11) is 0. The molecule has 0 bridgehead atoms. The number of benzene rings is 2. The first-order valence-corrected chi connectivity index (χ1v) is 11.9. The van der Waals surface area contributed by atoms with E-state index in [-0.39, 0.29) is 5.91 Å². The molecule has 6 nitrogen and oxygen atoms in total. The zero-order valence-corrected chi connectivity index (χ0v) is 19.6. The van der Waals surface area contributed by atoms with Gasteiger partial charge in [-0.25, -0.2) is 0 Å². The Labute approximate surface area is 195 Å². The quantitative estimate of drug-likeness (QED) is 0.633. The van der Waals surface area contributed by atoms with Gasteiger partial charge in [0.25, 0.3) is 5.91 Å².